The summed E-state index contributed by atoms with van der Waals surface area (Å²) in [6.07, 6.45) is 0. The van der Waals surface area contributed by atoms with E-state index in [0.717, 1.165) is 37.1 Å². The zero-order valence-corrected chi connectivity index (χ0v) is 10.6. The lowest BCUT2D eigenvalue weighted by molar-refractivity contribution is 0.0699. The number of fused-ring (bicyclic) bond motifs is 1. The molecule has 1 heterocycles. The van der Waals surface area contributed by atoms with Gasteiger partial charge in [-0.3, -0.25) is 0 Å². The molecule has 0 aromatic heterocycles. The quantitative estimate of drug-likeness (QED) is 0.824. The van der Waals surface area contributed by atoms with E-state index in [1.54, 1.807) is 12.1 Å². The van der Waals surface area contributed by atoms with Crippen LogP contribution in [0.4, 0.5) is 0 Å². The summed E-state index contributed by atoms with van der Waals surface area (Å²) in [4.78, 5) is 10.8. The molecular weight excluding hydrogens is 242 g/mol. The number of hydrogen-bond acceptors (Lipinski definition) is 3. The number of carbonyl (C=O) groups is 1. The maximum absolute atomic E-state index is 10.8. The standard InChI is InChI=1S/C11H8O2.C4H9NO/c12-11(13)10-7-3-5-8-4-1-2-6-9(8)10;1-3-6-4-2-5-1/h1-7H,(H,12,13);5H,1-4H2. The molecule has 1 saturated heterocycles. The molecule has 0 bridgehead atoms. The summed E-state index contributed by atoms with van der Waals surface area (Å²) in [5.41, 5.74) is 0.359. The monoisotopic (exact) mass is 259 g/mol. The van der Waals surface area contributed by atoms with Crippen molar-refractivity contribution in [1.29, 1.82) is 0 Å². The summed E-state index contributed by atoms with van der Waals surface area (Å²) in [5.74, 6) is -0.878. The first kappa shape index (κ1) is 13.5. The van der Waals surface area contributed by atoms with Gasteiger partial charge < -0.3 is 15.2 Å². The molecule has 1 aliphatic rings. The molecule has 1 aliphatic heterocycles. The molecule has 19 heavy (non-hydrogen) atoms. The van der Waals surface area contributed by atoms with Crippen molar-refractivity contribution in [1.82, 2.24) is 5.32 Å². The number of carboxylic acid groups (broad SMARTS) is 1. The van der Waals surface area contributed by atoms with Gasteiger partial charge in [-0.15, -0.1) is 0 Å². The Morgan fingerprint density at radius 2 is 1.74 bits per heavy atom. The summed E-state index contributed by atoms with van der Waals surface area (Å²) in [6.45, 7) is 3.83. The summed E-state index contributed by atoms with van der Waals surface area (Å²) >= 11 is 0. The second kappa shape index (κ2) is 6.87. The van der Waals surface area contributed by atoms with Crippen molar-refractivity contribution in [2.75, 3.05) is 26.3 Å². The Morgan fingerprint density at radius 1 is 1.05 bits per heavy atom. The van der Waals surface area contributed by atoms with Gasteiger partial charge in [0.2, 0.25) is 0 Å². The lowest BCUT2D eigenvalue weighted by atomic mass is 10.1. The Morgan fingerprint density at radius 3 is 2.32 bits per heavy atom. The van der Waals surface area contributed by atoms with E-state index in [4.69, 9.17) is 9.84 Å². The van der Waals surface area contributed by atoms with E-state index >= 15 is 0 Å². The molecule has 0 radical (unpaired) electrons. The van der Waals surface area contributed by atoms with Crippen LogP contribution < -0.4 is 5.32 Å². The normalized spacial score (nSPS) is 14.5. The van der Waals surface area contributed by atoms with Gasteiger partial charge in [-0.2, -0.15) is 0 Å². The highest BCUT2D eigenvalue weighted by Gasteiger charge is 2.05. The molecule has 4 heteroatoms. The molecule has 0 saturated carbocycles. The molecule has 0 spiro atoms. The number of carboxylic acids is 1. The van der Waals surface area contributed by atoms with Crippen molar-refractivity contribution in [3.05, 3.63) is 48.0 Å². The highest BCUT2D eigenvalue weighted by Crippen LogP contribution is 2.17. The van der Waals surface area contributed by atoms with Crippen LogP contribution in [0.25, 0.3) is 10.8 Å². The smallest absolute Gasteiger partial charge is 0.336 e. The Bertz CT molecular complexity index is 533. The van der Waals surface area contributed by atoms with E-state index in [1.807, 2.05) is 30.3 Å². The highest BCUT2D eigenvalue weighted by molar-refractivity contribution is 6.03. The summed E-state index contributed by atoms with van der Waals surface area (Å²) < 4.78 is 5.01. The van der Waals surface area contributed by atoms with Crippen LogP contribution in [0.3, 0.4) is 0 Å². The van der Waals surface area contributed by atoms with Gasteiger partial charge in [0.05, 0.1) is 18.8 Å². The third-order valence-electron chi connectivity index (χ3n) is 2.87. The Labute approximate surface area is 112 Å². The minimum absolute atomic E-state index is 0.359. The fraction of sp³-hybridized carbons (Fsp3) is 0.267. The Balaban J connectivity index is 0.000000186. The summed E-state index contributed by atoms with van der Waals surface area (Å²) in [7, 11) is 0. The molecule has 0 amide bonds. The van der Waals surface area contributed by atoms with Crippen LogP contribution in [-0.2, 0) is 4.74 Å². The number of morpholine rings is 1. The van der Waals surface area contributed by atoms with Crippen molar-refractivity contribution >= 4 is 16.7 Å². The molecule has 3 rings (SSSR count). The second-order valence-corrected chi connectivity index (χ2v) is 4.19. The van der Waals surface area contributed by atoms with Crippen molar-refractivity contribution in [3.63, 3.8) is 0 Å². The van der Waals surface area contributed by atoms with Crippen molar-refractivity contribution in [2.24, 2.45) is 0 Å². The first-order valence-electron chi connectivity index (χ1n) is 6.28. The number of benzene rings is 2. The molecule has 100 valence electrons. The van der Waals surface area contributed by atoms with Crippen molar-refractivity contribution in [2.45, 2.75) is 0 Å². The third-order valence-corrected chi connectivity index (χ3v) is 2.87. The third kappa shape index (κ3) is 3.77. The van der Waals surface area contributed by atoms with Crippen LogP contribution in [0.5, 0.6) is 0 Å². The highest BCUT2D eigenvalue weighted by atomic mass is 16.5. The van der Waals surface area contributed by atoms with Crippen LogP contribution in [-0.4, -0.2) is 37.4 Å². The molecule has 0 unspecified atom stereocenters. The molecule has 4 nitrogen and oxygen atoms in total. The molecule has 0 aliphatic carbocycles. The molecule has 2 N–H and O–H groups in total. The number of hydrogen-bond donors (Lipinski definition) is 2. The molecule has 2 aromatic rings. The number of ether oxygens (including phenoxy) is 1. The van der Waals surface area contributed by atoms with Gasteiger partial charge >= 0.3 is 5.97 Å². The Hall–Kier alpha value is -1.91. The van der Waals surface area contributed by atoms with Gasteiger partial charge in [-0.05, 0) is 16.8 Å². The largest absolute Gasteiger partial charge is 0.478 e. The zero-order valence-electron chi connectivity index (χ0n) is 10.6. The minimum atomic E-state index is -0.878. The van der Waals surface area contributed by atoms with Crippen molar-refractivity contribution in [3.8, 4) is 0 Å². The zero-order chi connectivity index (χ0) is 13.5. The lowest BCUT2D eigenvalue weighted by Gasteiger charge is -2.10. The van der Waals surface area contributed by atoms with Gasteiger partial charge in [0.25, 0.3) is 0 Å². The van der Waals surface area contributed by atoms with Crippen LogP contribution in [0, 0.1) is 0 Å². The van der Waals surface area contributed by atoms with Gasteiger partial charge in [-0.25, -0.2) is 4.79 Å². The lowest BCUT2D eigenvalue weighted by Crippen LogP contribution is -2.30. The number of rotatable bonds is 1. The van der Waals surface area contributed by atoms with Crippen LogP contribution >= 0.6 is 0 Å². The molecule has 0 atom stereocenters. The first-order valence-corrected chi connectivity index (χ1v) is 6.28. The SMILES string of the molecule is C1COCCN1.O=C(O)c1cccc2ccccc12. The van der Waals surface area contributed by atoms with E-state index in [2.05, 4.69) is 5.32 Å². The molecule has 2 aromatic carbocycles. The van der Waals surface area contributed by atoms with E-state index in [0.29, 0.717) is 5.56 Å². The summed E-state index contributed by atoms with van der Waals surface area (Å²) in [5, 5.41) is 13.8. The van der Waals surface area contributed by atoms with Gasteiger partial charge in [0, 0.05) is 13.1 Å². The first-order chi connectivity index (χ1) is 9.29. The summed E-state index contributed by atoms with van der Waals surface area (Å²) in [6, 6.07) is 12.7. The van der Waals surface area contributed by atoms with Crippen LogP contribution in [0.2, 0.25) is 0 Å². The maximum atomic E-state index is 10.8. The van der Waals surface area contributed by atoms with E-state index in [-0.39, 0.29) is 0 Å². The fourth-order valence-corrected chi connectivity index (χ4v) is 1.93. The predicted octanol–water partition coefficient (Wildman–Crippen LogP) is 2.14. The number of nitrogens with one attached hydrogen (secondary N) is 1. The van der Waals surface area contributed by atoms with Crippen LogP contribution in [0.15, 0.2) is 42.5 Å². The maximum Gasteiger partial charge on any atom is 0.336 e. The fourth-order valence-electron chi connectivity index (χ4n) is 1.93. The van der Waals surface area contributed by atoms with Crippen molar-refractivity contribution < 1.29 is 14.6 Å². The topological polar surface area (TPSA) is 58.6 Å². The van der Waals surface area contributed by atoms with E-state index in [9.17, 15) is 4.79 Å². The predicted molar refractivity (Wildman–Crippen MR) is 74.6 cm³/mol. The average Bonchev–Trinajstić information content (AvgIpc) is 2.49. The van der Waals surface area contributed by atoms with Crippen LogP contribution in [0.1, 0.15) is 10.4 Å². The minimum Gasteiger partial charge on any atom is -0.478 e. The van der Waals surface area contributed by atoms with E-state index < -0.39 is 5.97 Å². The van der Waals surface area contributed by atoms with E-state index in [1.165, 1.54) is 0 Å². The van der Waals surface area contributed by atoms with Gasteiger partial charge in [0.15, 0.2) is 0 Å². The molecule has 1 fully saturated rings. The van der Waals surface area contributed by atoms with Gasteiger partial charge in [-0.1, -0.05) is 36.4 Å². The second-order valence-electron chi connectivity index (χ2n) is 4.19. The average molecular weight is 259 g/mol. The number of aromatic carboxylic acids is 1. The Kier molecular flexibility index (Phi) is 4.89. The molecular formula is C15H17NO3. The van der Waals surface area contributed by atoms with Gasteiger partial charge in [0.1, 0.15) is 0 Å².